The molecule has 2 aromatic rings. The van der Waals surface area contributed by atoms with Crippen LogP contribution in [0.5, 0.6) is 0 Å². The van der Waals surface area contributed by atoms with Gasteiger partial charge in [-0.1, -0.05) is 50.3 Å². The molecule has 1 atom stereocenters. The van der Waals surface area contributed by atoms with Gasteiger partial charge in [-0.25, -0.2) is 4.39 Å². The summed E-state index contributed by atoms with van der Waals surface area (Å²) in [5.41, 5.74) is 6.08. The second-order valence-electron chi connectivity index (χ2n) is 8.34. The van der Waals surface area contributed by atoms with Crippen LogP contribution < -0.4 is 5.32 Å². The molecule has 0 aromatic heterocycles. The highest BCUT2D eigenvalue weighted by molar-refractivity contribution is 6.03. The van der Waals surface area contributed by atoms with Crippen molar-refractivity contribution in [2.45, 2.75) is 53.0 Å². The van der Waals surface area contributed by atoms with Crippen LogP contribution in [0.1, 0.15) is 79.5 Å². The van der Waals surface area contributed by atoms with Crippen LogP contribution in [-0.2, 0) is 0 Å². The molecule has 172 valence electrons. The highest BCUT2D eigenvalue weighted by Gasteiger charge is 2.19. The van der Waals surface area contributed by atoms with Crippen LogP contribution in [0.2, 0.25) is 0 Å². The first-order chi connectivity index (χ1) is 15.7. The summed E-state index contributed by atoms with van der Waals surface area (Å²) in [6.07, 6.45) is 4.43. The zero-order valence-corrected chi connectivity index (χ0v) is 20.3. The van der Waals surface area contributed by atoms with Gasteiger partial charge in [0, 0.05) is 11.1 Å². The molecule has 0 saturated heterocycles. The number of allylic oxidation sites excluding steroid dienone is 2. The molecule has 0 saturated carbocycles. The van der Waals surface area contributed by atoms with Gasteiger partial charge in [-0.3, -0.25) is 4.99 Å². The first-order valence-electron chi connectivity index (χ1n) is 11.3. The van der Waals surface area contributed by atoms with Crippen LogP contribution in [0.25, 0.3) is 11.1 Å². The van der Waals surface area contributed by atoms with Gasteiger partial charge in [0.25, 0.3) is 0 Å². The molecule has 0 fully saturated rings. The molecular formula is C29H34FN3. The molecule has 1 N–H and O–H groups in total. The molecular weight excluding hydrogens is 409 g/mol. The zero-order valence-electron chi connectivity index (χ0n) is 20.3. The van der Waals surface area contributed by atoms with Crippen molar-refractivity contribution in [1.29, 1.82) is 5.26 Å². The fraction of sp³-hybridized carbons (Fsp3) is 0.310. The van der Waals surface area contributed by atoms with Crippen LogP contribution in [-0.4, -0.2) is 12.4 Å². The smallest absolute Gasteiger partial charge is 0.131 e. The second kappa shape index (κ2) is 12.0. The first-order valence-corrected chi connectivity index (χ1v) is 11.3. The number of unbranched alkanes of at least 4 members (excludes halogenated alkanes) is 1. The second-order valence-corrected chi connectivity index (χ2v) is 8.34. The average Bonchev–Trinajstić information content (AvgIpc) is 2.79. The summed E-state index contributed by atoms with van der Waals surface area (Å²) in [7, 11) is 0. The minimum atomic E-state index is -0.300. The monoisotopic (exact) mass is 443 g/mol. The minimum absolute atomic E-state index is 0.128. The largest absolute Gasteiger partial charge is 0.363 e. The summed E-state index contributed by atoms with van der Waals surface area (Å²) in [5, 5.41) is 12.9. The molecule has 0 unspecified atom stereocenters. The Bertz CT molecular complexity index is 1120. The SMILES string of the molecule is C=CC/N=C(/N[C@H](C)c1cccc(C#N)c1C)c1cc(C(=C)CCCC)c(F)cc1C(=C)C. The number of amidine groups is 1. The van der Waals surface area contributed by atoms with Crippen LogP contribution in [0.4, 0.5) is 4.39 Å². The topological polar surface area (TPSA) is 48.2 Å². The van der Waals surface area contributed by atoms with Gasteiger partial charge in [-0.15, -0.1) is 6.58 Å². The standard InChI is InChI=1S/C29H34FN3/c1-8-10-12-20(5)26-16-27(25(19(3)4)17-28(26)30)29(32-15-9-2)33-22(7)24-14-11-13-23(18-31)21(24)6/h9,11,13-14,16-17,22H,2-3,5,8,10,12,15H2,1,4,6-7H3,(H,32,33)/t22-/m1/s1. The summed E-state index contributed by atoms with van der Waals surface area (Å²) in [6, 6.07) is 11.2. The van der Waals surface area contributed by atoms with Gasteiger partial charge in [0.05, 0.1) is 24.2 Å². The number of aliphatic imine (C=N–C) groups is 1. The number of nitrogens with one attached hydrogen (secondary N) is 1. The fourth-order valence-corrected chi connectivity index (χ4v) is 3.81. The van der Waals surface area contributed by atoms with Crippen molar-refractivity contribution in [3.63, 3.8) is 0 Å². The highest BCUT2D eigenvalue weighted by atomic mass is 19.1. The Labute approximate surface area is 198 Å². The van der Waals surface area contributed by atoms with Crippen LogP contribution in [0.15, 0.2) is 61.1 Å². The van der Waals surface area contributed by atoms with E-state index in [-0.39, 0.29) is 11.9 Å². The van der Waals surface area contributed by atoms with E-state index in [9.17, 15) is 5.26 Å². The van der Waals surface area contributed by atoms with E-state index in [1.165, 1.54) is 6.07 Å². The highest BCUT2D eigenvalue weighted by Crippen LogP contribution is 2.29. The van der Waals surface area contributed by atoms with E-state index < -0.39 is 0 Å². The van der Waals surface area contributed by atoms with Crippen molar-refractivity contribution in [1.82, 2.24) is 5.32 Å². The third-order valence-corrected chi connectivity index (χ3v) is 5.73. The predicted molar refractivity (Wildman–Crippen MR) is 139 cm³/mol. The van der Waals surface area contributed by atoms with Crippen molar-refractivity contribution < 1.29 is 4.39 Å². The molecule has 0 spiro atoms. The zero-order chi connectivity index (χ0) is 24.5. The molecule has 0 heterocycles. The Balaban J connectivity index is 2.59. The number of hydrogen-bond acceptors (Lipinski definition) is 2. The summed E-state index contributed by atoms with van der Waals surface area (Å²) in [6.45, 7) is 20.3. The lowest BCUT2D eigenvalue weighted by Crippen LogP contribution is -2.29. The molecule has 0 aliphatic carbocycles. The van der Waals surface area contributed by atoms with Crippen molar-refractivity contribution in [3.8, 4) is 6.07 Å². The number of hydrogen-bond donors (Lipinski definition) is 1. The maximum absolute atomic E-state index is 15.0. The van der Waals surface area contributed by atoms with Gasteiger partial charge in [-0.2, -0.15) is 5.26 Å². The lowest BCUT2D eigenvalue weighted by Gasteiger charge is -2.22. The third-order valence-electron chi connectivity index (χ3n) is 5.73. The van der Waals surface area contributed by atoms with Gasteiger partial charge in [0.2, 0.25) is 0 Å². The van der Waals surface area contributed by atoms with Crippen molar-refractivity contribution in [2.75, 3.05) is 6.54 Å². The Hall–Kier alpha value is -3.45. The number of halogens is 1. The number of nitriles is 1. The minimum Gasteiger partial charge on any atom is -0.363 e. The fourth-order valence-electron chi connectivity index (χ4n) is 3.81. The molecule has 4 heteroatoms. The summed E-state index contributed by atoms with van der Waals surface area (Å²) < 4.78 is 15.0. The Morgan fingerprint density at radius 3 is 2.58 bits per heavy atom. The molecule has 3 nitrogen and oxygen atoms in total. The first kappa shape index (κ1) is 25.8. The van der Waals surface area contributed by atoms with E-state index in [1.54, 1.807) is 6.08 Å². The van der Waals surface area contributed by atoms with E-state index >= 15 is 4.39 Å². The van der Waals surface area contributed by atoms with Crippen molar-refractivity contribution >= 4 is 17.0 Å². The van der Waals surface area contributed by atoms with Crippen LogP contribution >= 0.6 is 0 Å². The molecule has 33 heavy (non-hydrogen) atoms. The molecule has 0 bridgehead atoms. The van der Waals surface area contributed by atoms with Crippen molar-refractivity contribution in [3.05, 3.63) is 95.3 Å². The summed E-state index contributed by atoms with van der Waals surface area (Å²) >= 11 is 0. The van der Waals surface area contributed by atoms with Gasteiger partial charge >= 0.3 is 0 Å². The molecule has 0 aliphatic heterocycles. The van der Waals surface area contributed by atoms with E-state index in [0.29, 0.717) is 29.1 Å². The van der Waals surface area contributed by atoms with E-state index in [1.807, 2.05) is 45.0 Å². The van der Waals surface area contributed by atoms with Crippen LogP contribution in [0.3, 0.4) is 0 Å². The lowest BCUT2D eigenvalue weighted by atomic mass is 9.92. The van der Waals surface area contributed by atoms with Crippen molar-refractivity contribution in [2.24, 2.45) is 4.99 Å². The van der Waals surface area contributed by atoms with Gasteiger partial charge in [0.1, 0.15) is 11.7 Å². The molecule has 0 radical (unpaired) electrons. The van der Waals surface area contributed by atoms with E-state index in [2.05, 4.69) is 38.0 Å². The Morgan fingerprint density at radius 2 is 1.97 bits per heavy atom. The van der Waals surface area contributed by atoms with E-state index in [4.69, 9.17) is 4.99 Å². The Morgan fingerprint density at radius 1 is 1.24 bits per heavy atom. The molecule has 2 rings (SSSR count). The molecule has 2 aromatic carbocycles. The summed E-state index contributed by atoms with van der Waals surface area (Å²) in [4.78, 5) is 4.71. The number of nitrogens with zero attached hydrogens (tertiary/aromatic N) is 2. The lowest BCUT2D eigenvalue weighted by molar-refractivity contribution is 0.621. The maximum atomic E-state index is 15.0. The number of benzene rings is 2. The number of rotatable bonds is 10. The quantitative estimate of drug-likeness (QED) is 0.234. The Kier molecular flexibility index (Phi) is 9.36. The maximum Gasteiger partial charge on any atom is 0.131 e. The predicted octanol–water partition coefficient (Wildman–Crippen LogP) is 7.53. The average molecular weight is 444 g/mol. The third kappa shape index (κ3) is 6.29. The molecule has 0 amide bonds. The molecule has 0 aliphatic rings. The van der Waals surface area contributed by atoms with Gasteiger partial charge < -0.3 is 5.32 Å². The van der Waals surface area contributed by atoms with Gasteiger partial charge in [0.15, 0.2) is 0 Å². The van der Waals surface area contributed by atoms with Gasteiger partial charge in [-0.05, 0) is 74.1 Å². The van der Waals surface area contributed by atoms with E-state index in [0.717, 1.165) is 47.1 Å². The van der Waals surface area contributed by atoms with Crippen LogP contribution in [0, 0.1) is 24.1 Å². The summed E-state index contributed by atoms with van der Waals surface area (Å²) in [5.74, 6) is 0.332. The normalized spacial score (nSPS) is 12.1.